The summed E-state index contributed by atoms with van der Waals surface area (Å²) in [6.45, 7) is 8.86. The molecule has 0 unspecified atom stereocenters. The van der Waals surface area contributed by atoms with Crippen molar-refractivity contribution in [3.63, 3.8) is 0 Å². The van der Waals surface area contributed by atoms with Crippen molar-refractivity contribution in [1.82, 2.24) is 19.6 Å². The number of hydrogen-bond donors (Lipinski definition) is 5. The number of phenols is 1. The van der Waals surface area contributed by atoms with Crippen LogP contribution in [0.5, 0.6) is 11.5 Å². The Morgan fingerprint density at radius 3 is 0.908 bits per heavy atom. The van der Waals surface area contributed by atoms with Crippen molar-refractivity contribution in [3.8, 4) is 11.5 Å². The molecule has 5 aliphatic heterocycles. The van der Waals surface area contributed by atoms with E-state index in [1.165, 1.54) is 26.8 Å². The number of nitrogens with two attached hydrogens (primary N) is 2. The zero-order valence-corrected chi connectivity index (χ0v) is 65.1. The number of para-hydroxylation sites is 4. The molecule has 0 atom stereocenters. The largest absolute Gasteiger partial charge is 0.534 e. The van der Waals surface area contributed by atoms with Gasteiger partial charge >= 0.3 is 27.6 Å². The average Bonchev–Trinajstić information content (AvgIpc) is 1.68. The Balaban J connectivity index is 0.000000158. The van der Waals surface area contributed by atoms with Crippen LogP contribution in [0.25, 0.3) is 0 Å². The minimum absolute atomic E-state index is 0.0768. The molecule has 0 aromatic heterocycles. The molecule has 16 rings (SSSR count). The summed E-state index contributed by atoms with van der Waals surface area (Å²) in [5.41, 5.74) is 16.5. The van der Waals surface area contributed by atoms with Crippen LogP contribution in [0.3, 0.4) is 0 Å². The van der Waals surface area contributed by atoms with Gasteiger partial charge in [-0.3, -0.25) is 67.5 Å². The summed E-state index contributed by atoms with van der Waals surface area (Å²) >= 11 is 0. The summed E-state index contributed by atoms with van der Waals surface area (Å²) in [5.74, 6) is -4.34. The van der Waals surface area contributed by atoms with Crippen molar-refractivity contribution in [2.45, 2.75) is 59.0 Å². The van der Waals surface area contributed by atoms with E-state index in [4.69, 9.17) is 11.5 Å². The topological polar surface area (TPSA) is 367 Å². The van der Waals surface area contributed by atoms with Crippen LogP contribution in [-0.4, -0.2) is 129 Å². The van der Waals surface area contributed by atoms with Gasteiger partial charge in [0.25, 0.3) is 59.1 Å². The summed E-state index contributed by atoms with van der Waals surface area (Å²) in [6.07, 6.45) is 1.34. The number of halogens is 3. The second kappa shape index (κ2) is 38.9. The average molecular weight is 1630 g/mol. The maximum atomic E-state index is 12.5. The van der Waals surface area contributed by atoms with Crippen LogP contribution in [0.2, 0.25) is 0 Å². The first-order chi connectivity index (χ1) is 57.1. The first-order valence-electron chi connectivity index (χ1n) is 37.2. The zero-order chi connectivity index (χ0) is 85.8. The van der Waals surface area contributed by atoms with E-state index in [0.29, 0.717) is 121 Å². The number of carbonyl (C=O) groups excluding carboxylic acids is 12. The molecule has 0 aliphatic carbocycles. The molecule has 0 saturated heterocycles. The summed E-state index contributed by atoms with van der Waals surface area (Å²) in [4.78, 5) is 150. The van der Waals surface area contributed by atoms with Gasteiger partial charge < -0.3 is 36.1 Å². The standard InChI is InChI=1S/C23H19N3O3.C22H17N3O3.C17H12F3NO5S.C16H13NO3.C8H4O3.2C2H6/c24-19-7-3-4-8-20(19)25-21(27)16-11-9-15(10-12-16)13-14-26-22(28)17-5-1-2-6-18(17)23(26)29;23-18-7-3-4-8-19(18)24-20(26)15-11-9-14(10-12-15)13-25-21(27)16-5-1-2-6-17(16)22(25)28;18-17(19,20)27(24,25)26-12-7-5-11(6-8-12)9-10-21-15(22)13-3-1-2-4-14(13)16(21)23;18-12-7-5-11(6-8-12)9-10-17-15(19)13-3-1-2-4-14(13)16(17)20;9-7-5-3-1-2-4-6(5)8(10)11-7;2*1-2/h1-12H,13-14,24H2,(H,25,27);1-12H,13,23H2,(H,24,26);1-8H,9-10H2;1-8,18H,9-10H2;1-4H;2*1-2H3. The minimum atomic E-state index is -5.73. The molecule has 0 saturated carbocycles. The number of phenolic OH excluding ortho intramolecular Hbond substituents is 1. The Morgan fingerprint density at radius 1 is 0.361 bits per heavy atom. The number of cyclic esters (lactones) is 2. The van der Waals surface area contributed by atoms with Crippen LogP contribution in [-0.2, 0) is 40.7 Å². The van der Waals surface area contributed by atoms with Crippen molar-refractivity contribution in [1.29, 1.82) is 0 Å². The highest BCUT2D eigenvalue weighted by molar-refractivity contribution is 7.88. The van der Waals surface area contributed by atoms with Gasteiger partial charge in [-0.1, -0.05) is 161 Å². The van der Waals surface area contributed by atoms with Crippen LogP contribution >= 0.6 is 0 Å². The predicted molar refractivity (Wildman–Crippen MR) is 437 cm³/mol. The Labute approximate surface area is 681 Å². The van der Waals surface area contributed by atoms with Gasteiger partial charge in [-0.2, -0.15) is 21.6 Å². The van der Waals surface area contributed by atoms with Gasteiger partial charge in [0.15, 0.2) is 0 Å². The Bertz CT molecular complexity index is 5650. The second-order valence-electron chi connectivity index (χ2n) is 25.9. The molecule has 119 heavy (non-hydrogen) atoms. The Morgan fingerprint density at radius 2 is 0.613 bits per heavy atom. The van der Waals surface area contributed by atoms with E-state index in [2.05, 4.69) is 19.6 Å². The van der Waals surface area contributed by atoms with E-state index in [-0.39, 0.29) is 72.5 Å². The van der Waals surface area contributed by atoms with Gasteiger partial charge in [0, 0.05) is 30.8 Å². The number of nitrogen functional groups attached to an aromatic ring is 2. The van der Waals surface area contributed by atoms with Gasteiger partial charge in [-0.05, 0) is 175 Å². The number of aromatic hydroxyl groups is 1. The number of imide groups is 4. The van der Waals surface area contributed by atoms with Gasteiger partial charge in [0.2, 0.25) is 0 Å². The summed E-state index contributed by atoms with van der Waals surface area (Å²) in [7, 11) is -5.73. The zero-order valence-electron chi connectivity index (χ0n) is 64.3. The van der Waals surface area contributed by atoms with Gasteiger partial charge in [0.1, 0.15) is 11.5 Å². The van der Waals surface area contributed by atoms with Gasteiger partial charge in [-0.25, -0.2) is 9.59 Å². The first-order valence-corrected chi connectivity index (χ1v) is 38.6. The van der Waals surface area contributed by atoms with Gasteiger partial charge in [-0.15, -0.1) is 0 Å². The highest BCUT2D eigenvalue weighted by Crippen LogP contribution is 2.31. The molecule has 0 fully saturated rings. The molecule has 11 aromatic carbocycles. The quantitative estimate of drug-likeness (QED) is 0.0141. The first kappa shape index (κ1) is 86.4. The summed E-state index contributed by atoms with van der Waals surface area (Å²) in [6, 6.07) is 73.0. The molecule has 7 N–H and O–H groups in total. The Kier molecular flexibility index (Phi) is 28.2. The molecule has 5 aliphatic rings. The molecule has 11 aromatic rings. The lowest BCUT2D eigenvalue weighted by molar-refractivity contribution is -0.0500. The lowest BCUT2D eigenvalue weighted by Gasteiger charge is -2.14. The van der Waals surface area contributed by atoms with Crippen LogP contribution in [0.1, 0.15) is 174 Å². The highest BCUT2D eigenvalue weighted by atomic mass is 32.2. The number of nitrogens with zero attached hydrogens (tertiary/aromatic N) is 4. The molecular formula is C90H77F3N8O17S. The fourth-order valence-electron chi connectivity index (χ4n) is 12.4. The molecule has 29 heteroatoms. The van der Waals surface area contributed by atoms with Crippen molar-refractivity contribution < 1.29 is 93.1 Å². The number of amides is 10. The fraction of sp³-hybridized carbons (Fsp3) is 0.133. The molecule has 0 bridgehead atoms. The fourth-order valence-corrected chi connectivity index (χ4v) is 12.9. The van der Waals surface area contributed by atoms with E-state index >= 15 is 0 Å². The number of alkyl halides is 3. The maximum absolute atomic E-state index is 12.5. The molecule has 606 valence electrons. The maximum Gasteiger partial charge on any atom is 0.534 e. The minimum Gasteiger partial charge on any atom is -0.508 e. The number of carbonyl (C=O) groups is 12. The van der Waals surface area contributed by atoms with Crippen LogP contribution < -0.4 is 26.3 Å². The third kappa shape index (κ3) is 20.4. The number of benzene rings is 11. The number of nitrogens with one attached hydrogen (secondary N) is 2. The number of esters is 2. The monoisotopic (exact) mass is 1630 g/mol. The van der Waals surface area contributed by atoms with Crippen molar-refractivity contribution in [2.24, 2.45) is 0 Å². The predicted octanol–water partition coefficient (Wildman–Crippen LogP) is 14.7. The molecule has 10 amide bonds. The lowest BCUT2D eigenvalue weighted by Crippen LogP contribution is -2.31. The third-order valence-corrected chi connectivity index (χ3v) is 19.5. The summed E-state index contributed by atoms with van der Waals surface area (Å²) in [5, 5.41) is 14.8. The van der Waals surface area contributed by atoms with E-state index < -0.39 is 45.1 Å². The van der Waals surface area contributed by atoms with E-state index in [1.54, 1.807) is 231 Å². The number of anilines is 4. The smallest absolute Gasteiger partial charge is 0.508 e. The van der Waals surface area contributed by atoms with Crippen molar-refractivity contribution in [2.75, 3.05) is 41.7 Å². The van der Waals surface area contributed by atoms with Crippen molar-refractivity contribution in [3.05, 3.63) is 356 Å². The normalized spacial score (nSPS) is 13.1. The second-order valence-corrected chi connectivity index (χ2v) is 27.4. The number of fused-ring (bicyclic) bond motifs is 5. The number of rotatable bonds is 17. The van der Waals surface area contributed by atoms with E-state index in [1.807, 2.05) is 39.8 Å². The molecular weight excluding hydrogens is 1550 g/mol. The summed E-state index contributed by atoms with van der Waals surface area (Å²) < 4.78 is 67.2. The van der Waals surface area contributed by atoms with Crippen LogP contribution in [0.4, 0.5) is 35.9 Å². The number of ether oxygens (including phenoxy) is 1. The van der Waals surface area contributed by atoms with Gasteiger partial charge in [0.05, 0.1) is 84.9 Å². The SMILES string of the molecule is CC.CC.Nc1ccccc1NC(=O)c1ccc(CCN2C(=O)c3ccccc3C2=O)cc1.Nc1ccccc1NC(=O)c1ccc(CN2C(=O)c3ccccc3C2=O)cc1.O=C1OC(=O)c2ccccc21.O=C1c2ccccc2C(=O)N1CCc1ccc(O)cc1.O=C1c2ccccc2C(=O)N1CCc1ccc(OS(=O)(=O)C(F)(F)F)cc1. The third-order valence-electron chi connectivity index (χ3n) is 18.5. The highest BCUT2D eigenvalue weighted by Gasteiger charge is 2.49. The Hall–Kier alpha value is -15.0. The van der Waals surface area contributed by atoms with E-state index in [9.17, 15) is 84.2 Å². The molecule has 25 nitrogen and oxygen atoms in total. The number of hydrogen-bond acceptors (Lipinski definition) is 19. The van der Waals surface area contributed by atoms with Crippen LogP contribution in [0, 0.1) is 0 Å². The van der Waals surface area contributed by atoms with Crippen molar-refractivity contribution >= 4 is 104 Å². The van der Waals surface area contributed by atoms with E-state index in [0.717, 1.165) is 33.7 Å². The molecule has 5 heterocycles. The lowest BCUT2D eigenvalue weighted by atomic mass is 10.1. The molecule has 0 spiro atoms. The van der Waals surface area contributed by atoms with Crippen LogP contribution in [0.15, 0.2) is 267 Å². The molecule has 0 radical (unpaired) electrons.